The molecule has 0 aliphatic rings. The van der Waals surface area contributed by atoms with Crippen LogP contribution in [0.1, 0.15) is 17.3 Å². The molecule has 1 rings (SSSR count). The predicted octanol–water partition coefficient (Wildman–Crippen LogP) is 3.22. The van der Waals surface area contributed by atoms with Gasteiger partial charge in [0, 0.05) is 10.9 Å². The molecule has 0 fully saturated rings. The molecule has 3 heteroatoms. The maximum absolute atomic E-state index is 11.0. The summed E-state index contributed by atoms with van der Waals surface area (Å²) < 4.78 is 5.42. The van der Waals surface area contributed by atoms with Crippen molar-refractivity contribution in [2.24, 2.45) is 0 Å². The molecular weight excluding hydrogens is 256 g/mol. The van der Waals surface area contributed by atoms with Gasteiger partial charge in [-0.1, -0.05) is 28.1 Å². The van der Waals surface area contributed by atoms with Gasteiger partial charge < -0.3 is 4.74 Å². The lowest BCUT2D eigenvalue weighted by molar-refractivity contribution is 0.101. The van der Waals surface area contributed by atoms with E-state index in [1.165, 1.54) is 0 Å². The van der Waals surface area contributed by atoms with Crippen LogP contribution in [0.2, 0.25) is 0 Å². The Labute approximate surface area is 98.1 Å². The summed E-state index contributed by atoms with van der Waals surface area (Å²) >= 11 is 3.28. The first kappa shape index (κ1) is 12.0. The summed E-state index contributed by atoms with van der Waals surface area (Å²) in [7, 11) is 0. The number of carbonyl (C=O) groups is 1. The maximum atomic E-state index is 11.0. The van der Waals surface area contributed by atoms with Crippen molar-refractivity contribution in [1.29, 1.82) is 0 Å². The van der Waals surface area contributed by atoms with Crippen LogP contribution in [0.5, 0.6) is 5.75 Å². The third kappa shape index (κ3) is 4.30. The Morgan fingerprint density at radius 3 is 2.53 bits per heavy atom. The molecule has 0 heterocycles. The van der Waals surface area contributed by atoms with Gasteiger partial charge in [0.25, 0.3) is 0 Å². The monoisotopic (exact) mass is 268 g/mol. The highest BCUT2D eigenvalue weighted by atomic mass is 79.9. The van der Waals surface area contributed by atoms with Crippen LogP contribution in [0.3, 0.4) is 0 Å². The zero-order valence-electron chi connectivity index (χ0n) is 8.57. The Kier molecular flexibility index (Phi) is 5.12. The van der Waals surface area contributed by atoms with E-state index in [0.717, 1.165) is 11.1 Å². The van der Waals surface area contributed by atoms with Crippen molar-refractivity contribution in [2.75, 3.05) is 11.9 Å². The van der Waals surface area contributed by atoms with Crippen LogP contribution in [-0.4, -0.2) is 17.7 Å². The second-order valence-electron chi connectivity index (χ2n) is 3.02. The minimum absolute atomic E-state index is 0.0701. The fourth-order valence-corrected chi connectivity index (χ4v) is 1.33. The first-order valence-electron chi connectivity index (χ1n) is 4.69. The minimum Gasteiger partial charge on any atom is -0.490 e. The van der Waals surface area contributed by atoms with E-state index in [0.29, 0.717) is 12.2 Å². The highest BCUT2D eigenvalue weighted by molar-refractivity contribution is 9.09. The van der Waals surface area contributed by atoms with Crippen LogP contribution in [0.4, 0.5) is 0 Å². The van der Waals surface area contributed by atoms with Crippen molar-refractivity contribution >= 4 is 21.7 Å². The van der Waals surface area contributed by atoms with Crippen molar-refractivity contribution in [3.8, 4) is 5.75 Å². The maximum Gasteiger partial charge on any atom is 0.159 e. The number of rotatable bonds is 5. The second kappa shape index (κ2) is 6.40. The van der Waals surface area contributed by atoms with Crippen LogP contribution >= 0.6 is 15.9 Å². The van der Waals surface area contributed by atoms with Gasteiger partial charge in [0.15, 0.2) is 5.78 Å². The van der Waals surface area contributed by atoms with Gasteiger partial charge in [-0.2, -0.15) is 0 Å². The molecule has 0 atom stereocenters. The molecule has 0 radical (unpaired) electrons. The smallest absolute Gasteiger partial charge is 0.159 e. The quantitative estimate of drug-likeness (QED) is 0.466. The summed E-state index contributed by atoms with van der Waals surface area (Å²) in [5.74, 6) is 0.847. The molecule has 1 aromatic carbocycles. The molecule has 80 valence electrons. The summed E-state index contributed by atoms with van der Waals surface area (Å²) in [5, 5.41) is 0.833. The summed E-state index contributed by atoms with van der Waals surface area (Å²) in [5.41, 5.74) is 0.707. The van der Waals surface area contributed by atoms with Crippen LogP contribution in [0.25, 0.3) is 0 Å². The number of benzene rings is 1. The molecule has 2 nitrogen and oxygen atoms in total. The highest BCUT2D eigenvalue weighted by Crippen LogP contribution is 2.12. The SMILES string of the molecule is CC(=O)c1ccc(OCC=CCBr)cc1. The van der Waals surface area contributed by atoms with Crippen LogP contribution in [0.15, 0.2) is 36.4 Å². The van der Waals surface area contributed by atoms with E-state index in [9.17, 15) is 4.79 Å². The fraction of sp³-hybridized carbons (Fsp3) is 0.250. The topological polar surface area (TPSA) is 26.3 Å². The highest BCUT2D eigenvalue weighted by Gasteiger charge is 1.98. The third-order valence-electron chi connectivity index (χ3n) is 1.86. The molecule has 0 aromatic heterocycles. The molecular formula is C12H13BrO2. The minimum atomic E-state index is 0.0701. The van der Waals surface area contributed by atoms with E-state index in [2.05, 4.69) is 15.9 Å². The van der Waals surface area contributed by atoms with Gasteiger partial charge in [-0.25, -0.2) is 0 Å². The van der Waals surface area contributed by atoms with Gasteiger partial charge in [-0.15, -0.1) is 0 Å². The molecule has 0 aliphatic heterocycles. The summed E-state index contributed by atoms with van der Waals surface area (Å²) in [6, 6.07) is 7.15. The van der Waals surface area contributed by atoms with Gasteiger partial charge in [0.1, 0.15) is 12.4 Å². The lowest BCUT2D eigenvalue weighted by atomic mass is 10.1. The number of carbonyl (C=O) groups excluding carboxylic acids is 1. The van der Waals surface area contributed by atoms with E-state index in [4.69, 9.17) is 4.74 Å². The molecule has 0 N–H and O–H groups in total. The zero-order chi connectivity index (χ0) is 11.1. The van der Waals surface area contributed by atoms with Crippen molar-refractivity contribution in [2.45, 2.75) is 6.92 Å². The van der Waals surface area contributed by atoms with Crippen LogP contribution < -0.4 is 4.74 Å². The number of allylic oxidation sites excluding steroid dienone is 1. The van der Waals surface area contributed by atoms with Crippen LogP contribution in [-0.2, 0) is 0 Å². The van der Waals surface area contributed by atoms with E-state index in [-0.39, 0.29) is 5.78 Å². The van der Waals surface area contributed by atoms with E-state index < -0.39 is 0 Å². The van der Waals surface area contributed by atoms with Gasteiger partial charge in [0.2, 0.25) is 0 Å². The predicted molar refractivity (Wildman–Crippen MR) is 64.9 cm³/mol. The summed E-state index contributed by atoms with van der Waals surface area (Å²) in [4.78, 5) is 11.0. The molecule has 0 amide bonds. The standard InChI is InChI=1S/C12H13BrO2/c1-10(14)11-4-6-12(7-5-11)15-9-3-2-8-13/h2-7H,8-9H2,1H3. The Bertz CT molecular complexity index is 341. The second-order valence-corrected chi connectivity index (χ2v) is 3.66. The van der Waals surface area contributed by atoms with Crippen molar-refractivity contribution in [3.63, 3.8) is 0 Å². The molecule has 0 saturated heterocycles. The molecule has 15 heavy (non-hydrogen) atoms. The Morgan fingerprint density at radius 1 is 1.33 bits per heavy atom. The Balaban J connectivity index is 2.50. The lowest BCUT2D eigenvalue weighted by Crippen LogP contribution is -1.95. The molecule has 0 spiro atoms. The Morgan fingerprint density at radius 2 is 2.00 bits per heavy atom. The van der Waals surface area contributed by atoms with E-state index in [1.54, 1.807) is 31.2 Å². The summed E-state index contributed by atoms with van der Waals surface area (Å²) in [6.45, 7) is 2.10. The molecule has 0 saturated carbocycles. The lowest BCUT2D eigenvalue weighted by Gasteiger charge is -2.03. The van der Waals surface area contributed by atoms with E-state index >= 15 is 0 Å². The van der Waals surface area contributed by atoms with Gasteiger partial charge >= 0.3 is 0 Å². The first-order valence-corrected chi connectivity index (χ1v) is 5.81. The number of ketones is 1. The van der Waals surface area contributed by atoms with Crippen molar-refractivity contribution < 1.29 is 9.53 Å². The van der Waals surface area contributed by atoms with Gasteiger partial charge in [0.05, 0.1) is 0 Å². The number of hydrogen-bond acceptors (Lipinski definition) is 2. The average molecular weight is 269 g/mol. The molecule has 0 unspecified atom stereocenters. The molecule has 0 aliphatic carbocycles. The number of ether oxygens (including phenoxy) is 1. The fourth-order valence-electron chi connectivity index (χ4n) is 1.06. The number of Topliss-reactive ketones (excluding diaryl/α,β-unsaturated/α-hetero) is 1. The first-order chi connectivity index (χ1) is 7.24. The van der Waals surface area contributed by atoms with Gasteiger partial charge in [-0.05, 0) is 31.2 Å². The van der Waals surface area contributed by atoms with Crippen molar-refractivity contribution in [1.82, 2.24) is 0 Å². The Hall–Kier alpha value is -1.09. The van der Waals surface area contributed by atoms with Crippen LogP contribution in [0, 0.1) is 0 Å². The number of halogens is 1. The molecule has 1 aromatic rings. The van der Waals surface area contributed by atoms with Crippen molar-refractivity contribution in [3.05, 3.63) is 42.0 Å². The van der Waals surface area contributed by atoms with Gasteiger partial charge in [-0.3, -0.25) is 4.79 Å². The summed E-state index contributed by atoms with van der Waals surface area (Å²) in [6.07, 6.45) is 3.91. The number of alkyl halides is 1. The normalized spacial score (nSPS) is 10.5. The third-order valence-corrected chi connectivity index (χ3v) is 2.24. The average Bonchev–Trinajstić information content (AvgIpc) is 2.25. The molecule has 0 bridgehead atoms. The number of hydrogen-bond donors (Lipinski definition) is 0. The zero-order valence-corrected chi connectivity index (χ0v) is 10.2. The largest absolute Gasteiger partial charge is 0.490 e. The van der Waals surface area contributed by atoms with E-state index in [1.807, 2.05) is 12.2 Å².